The average molecular weight is 308 g/mol. The first-order valence-electron chi connectivity index (χ1n) is 8.09. The molecular weight excluding hydrogens is 284 g/mol. The molecule has 1 fully saturated rings. The van der Waals surface area contributed by atoms with E-state index in [1.54, 1.807) is 4.68 Å². The van der Waals surface area contributed by atoms with Crippen LogP contribution in [0.3, 0.4) is 0 Å². The molecule has 0 bridgehead atoms. The molecule has 3 N–H and O–H groups in total. The molecule has 0 aliphatic carbocycles. The summed E-state index contributed by atoms with van der Waals surface area (Å²) in [5, 5.41) is 19.7. The van der Waals surface area contributed by atoms with E-state index in [4.69, 9.17) is 0 Å². The van der Waals surface area contributed by atoms with Crippen molar-refractivity contribution in [2.24, 2.45) is 0 Å². The third-order valence-electron chi connectivity index (χ3n) is 4.19. The van der Waals surface area contributed by atoms with Crippen molar-refractivity contribution in [3.8, 4) is 0 Å². The van der Waals surface area contributed by atoms with E-state index in [0.717, 1.165) is 32.6 Å². The number of carbonyl (C=O) groups is 1. The molecule has 1 aromatic heterocycles. The first-order chi connectivity index (χ1) is 10.8. The second-order valence-corrected chi connectivity index (χ2v) is 5.98. The second-order valence-electron chi connectivity index (χ2n) is 5.98. The van der Waals surface area contributed by atoms with E-state index < -0.39 is 0 Å². The number of nitrogens with zero attached hydrogens (tertiary/aromatic N) is 4. The van der Waals surface area contributed by atoms with Gasteiger partial charge < -0.3 is 20.6 Å². The Morgan fingerprint density at radius 2 is 2.09 bits per heavy atom. The van der Waals surface area contributed by atoms with E-state index in [9.17, 15) is 9.90 Å². The Morgan fingerprint density at radius 3 is 2.82 bits per heavy atom. The molecule has 1 amide bonds. The lowest BCUT2D eigenvalue weighted by Gasteiger charge is -2.29. The number of aliphatic hydroxyl groups excluding tert-OH is 1. The molecule has 8 nitrogen and oxygen atoms in total. The minimum Gasteiger partial charge on any atom is -0.394 e. The number of hydrogen-bond acceptors (Lipinski definition) is 6. The van der Waals surface area contributed by atoms with E-state index in [-0.39, 0.29) is 24.4 Å². The zero-order valence-corrected chi connectivity index (χ0v) is 12.8. The summed E-state index contributed by atoms with van der Waals surface area (Å²) in [6, 6.07) is -0.279. The van der Waals surface area contributed by atoms with Crippen LogP contribution < -0.4 is 10.6 Å². The third-order valence-corrected chi connectivity index (χ3v) is 4.19. The summed E-state index contributed by atoms with van der Waals surface area (Å²) < 4.78 is 1.72. The number of anilines is 1. The molecule has 0 spiro atoms. The van der Waals surface area contributed by atoms with Crippen molar-refractivity contribution in [2.75, 3.05) is 38.1 Å². The average Bonchev–Trinajstić information content (AvgIpc) is 2.99. The van der Waals surface area contributed by atoms with Crippen molar-refractivity contribution in [2.45, 2.75) is 38.3 Å². The summed E-state index contributed by atoms with van der Waals surface area (Å²) in [5.41, 5.74) is 0. The Kier molecular flexibility index (Phi) is 4.89. The molecule has 0 aromatic carbocycles. The lowest BCUT2D eigenvalue weighted by molar-refractivity contribution is 0.0876. The quantitative estimate of drug-likeness (QED) is 0.689. The van der Waals surface area contributed by atoms with E-state index in [2.05, 4.69) is 25.6 Å². The van der Waals surface area contributed by atoms with Crippen LogP contribution in [0.5, 0.6) is 0 Å². The molecule has 1 atom stereocenters. The van der Waals surface area contributed by atoms with Gasteiger partial charge >= 0.3 is 0 Å². The molecule has 0 radical (unpaired) electrons. The van der Waals surface area contributed by atoms with Crippen LogP contribution in [0.4, 0.5) is 5.95 Å². The monoisotopic (exact) mass is 308 g/mol. The molecule has 1 aromatic rings. The van der Waals surface area contributed by atoms with Gasteiger partial charge in [-0.3, -0.25) is 4.79 Å². The van der Waals surface area contributed by atoms with Gasteiger partial charge in [-0.1, -0.05) is 6.42 Å². The summed E-state index contributed by atoms with van der Waals surface area (Å²) in [7, 11) is 0. The number of nitrogens with one attached hydrogen (secondary N) is 2. The number of hydrogen-bond donors (Lipinski definition) is 3. The SMILES string of the molecule is O=C(NC(CO)CN1CCCCC1)c1nc2n(n1)CCCN2. The van der Waals surface area contributed by atoms with E-state index in [1.807, 2.05) is 0 Å². The normalized spacial score (nSPS) is 20.0. The Labute approximate surface area is 129 Å². The molecule has 0 saturated carbocycles. The van der Waals surface area contributed by atoms with Crippen LogP contribution >= 0.6 is 0 Å². The molecule has 22 heavy (non-hydrogen) atoms. The highest BCUT2D eigenvalue weighted by atomic mass is 16.3. The van der Waals surface area contributed by atoms with Gasteiger partial charge in [0.1, 0.15) is 0 Å². The summed E-state index contributed by atoms with van der Waals surface area (Å²) >= 11 is 0. The van der Waals surface area contributed by atoms with Crippen molar-refractivity contribution < 1.29 is 9.90 Å². The summed E-state index contributed by atoms with van der Waals surface area (Å²) in [6.45, 7) is 4.30. The number of amides is 1. The summed E-state index contributed by atoms with van der Waals surface area (Å²) in [5.74, 6) is 0.495. The number of carbonyl (C=O) groups excluding carboxylic acids is 1. The summed E-state index contributed by atoms with van der Waals surface area (Å²) in [6.07, 6.45) is 4.62. The van der Waals surface area contributed by atoms with Gasteiger partial charge in [0.15, 0.2) is 0 Å². The van der Waals surface area contributed by atoms with E-state index in [0.29, 0.717) is 12.5 Å². The van der Waals surface area contributed by atoms with Gasteiger partial charge in [-0.25, -0.2) is 4.68 Å². The second kappa shape index (κ2) is 7.06. The van der Waals surface area contributed by atoms with Gasteiger partial charge in [-0.15, -0.1) is 5.10 Å². The molecule has 2 aliphatic heterocycles. The first kappa shape index (κ1) is 15.2. The summed E-state index contributed by atoms with van der Waals surface area (Å²) in [4.78, 5) is 18.8. The van der Waals surface area contributed by atoms with Crippen molar-refractivity contribution in [3.63, 3.8) is 0 Å². The number of aryl methyl sites for hydroxylation is 1. The highest BCUT2D eigenvalue weighted by Gasteiger charge is 2.22. The van der Waals surface area contributed by atoms with Crippen molar-refractivity contribution >= 4 is 11.9 Å². The largest absolute Gasteiger partial charge is 0.394 e. The van der Waals surface area contributed by atoms with Crippen LogP contribution in [0.1, 0.15) is 36.3 Å². The first-order valence-corrected chi connectivity index (χ1v) is 8.09. The van der Waals surface area contributed by atoms with Crippen LogP contribution in [0.2, 0.25) is 0 Å². The molecule has 3 heterocycles. The van der Waals surface area contributed by atoms with Crippen molar-refractivity contribution in [1.82, 2.24) is 25.0 Å². The maximum atomic E-state index is 12.3. The van der Waals surface area contributed by atoms with Gasteiger partial charge in [0.2, 0.25) is 11.8 Å². The molecule has 2 aliphatic rings. The zero-order valence-electron chi connectivity index (χ0n) is 12.8. The van der Waals surface area contributed by atoms with Gasteiger partial charge in [0.25, 0.3) is 5.91 Å². The zero-order chi connectivity index (χ0) is 15.4. The van der Waals surface area contributed by atoms with Gasteiger partial charge in [0, 0.05) is 19.6 Å². The maximum Gasteiger partial charge on any atom is 0.291 e. The predicted octanol–water partition coefficient (Wildman–Crippen LogP) is -0.330. The highest BCUT2D eigenvalue weighted by molar-refractivity contribution is 5.90. The number of aliphatic hydroxyl groups is 1. The van der Waals surface area contributed by atoms with Gasteiger partial charge in [0.05, 0.1) is 12.6 Å². The maximum absolute atomic E-state index is 12.3. The molecule has 3 rings (SSSR count). The lowest BCUT2D eigenvalue weighted by atomic mass is 10.1. The lowest BCUT2D eigenvalue weighted by Crippen LogP contribution is -2.47. The smallest absolute Gasteiger partial charge is 0.291 e. The standard InChI is InChI=1S/C14H24N6O2/c21-10-11(9-19-6-2-1-3-7-19)16-13(22)12-17-14-15-5-4-8-20(14)18-12/h11,21H,1-10H2,(H,16,22)(H,15,17,18). The van der Waals surface area contributed by atoms with E-state index >= 15 is 0 Å². The van der Waals surface area contributed by atoms with Crippen LogP contribution in [-0.4, -0.2) is 69.5 Å². The van der Waals surface area contributed by atoms with Gasteiger partial charge in [-0.2, -0.15) is 4.98 Å². The number of likely N-dealkylation sites (tertiary alicyclic amines) is 1. The van der Waals surface area contributed by atoms with Crippen molar-refractivity contribution in [3.05, 3.63) is 5.82 Å². The Morgan fingerprint density at radius 1 is 1.27 bits per heavy atom. The number of rotatable bonds is 5. The molecular formula is C14H24N6O2. The third kappa shape index (κ3) is 3.56. The fourth-order valence-corrected chi connectivity index (χ4v) is 3.01. The number of piperidine rings is 1. The predicted molar refractivity (Wildman–Crippen MR) is 81.8 cm³/mol. The topological polar surface area (TPSA) is 95.3 Å². The van der Waals surface area contributed by atoms with E-state index in [1.165, 1.54) is 19.3 Å². The number of aromatic nitrogens is 3. The Bertz CT molecular complexity index is 488. The number of fused-ring (bicyclic) bond motifs is 1. The van der Waals surface area contributed by atoms with Crippen LogP contribution in [0.15, 0.2) is 0 Å². The molecule has 122 valence electrons. The van der Waals surface area contributed by atoms with Gasteiger partial charge in [-0.05, 0) is 32.4 Å². The minimum absolute atomic E-state index is 0.0753. The van der Waals surface area contributed by atoms with Crippen LogP contribution in [0, 0.1) is 0 Å². The molecule has 8 heteroatoms. The van der Waals surface area contributed by atoms with Crippen LogP contribution in [-0.2, 0) is 6.54 Å². The Hall–Kier alpha value is -1.67. The fraction of sp³-hybridized carbons (Fsp3) is 0.786. The van der Waals surface area contributed by atoms with Crippen LogP contribution in [0.25, 0.3) is 0 Å². The minimum atomic E-state index is -0.320. The van der Waals surface area contributed by atoms with Crippen molar-refractivity contribution in [1.29, 1.82) is 0 Å². The molecule has 1 saturated heterocycles. The molecule has 1 unspecified atom stereocenters. The highest BCUT2D eigenvalue weighted by Crippen LogP contribution is 2.11. The Balaban J connectivity index is 1.57. The fourth-order valence-electron chi connectivity index (χ4n) is 3.01.